The van der Waals surface area contributed by atoms with Gasteiger partial charge in [0.2, 0.25) is 0 Å². The fourth-order valence-corrected chi connectivity index (χ4v) is 8.26. The Hall–Kier alpha value is -5.40. The van der Waals surface area contributed by atoms with Crippen molar-refractivity contribution in [3.8, 4) is 55.6 Å². The first-order valence-electron chi connectivity index (χ1n) is 15.4. The summed E-state index contributed by atoms with van der Waals surface area (Å²) in [7, 11) is 0. The number of fused-ring (bicyclic) bond motifs is 9. The second-order valence-corrected chi connectivity index (χ2v) is 12.9. The van der Waals surface area contributed by atoms with Gasteiger partial charge in [0.25, 0.3) is 0 Å². The summed E-state index contributed by atoms with van der Waals surface area (Å²) >= 11 is 0. The number of rotatable bonds is 2. The standard InChI is InChI=1S/C43H28O/c1-43(2)38-16-6-5-11-31(38)35-15-7-12-28(42(35)43)26-18-22-40-37(24-26)36-23-25(17-21-39(36)44-40)27-19-20-34-30-10-4-3-9-29(30)33-14-8-13-32(27)41(33)34/h3-24H,1-2H3. The molecule has 0 fully saturated rings. The SMILES string of the molecule is CC1(C)c2ccccc2-c2cccc(-c3ccc4oc5ccc(-c6ccc7c8c(cccc68)-c6ccccc6-7)cc5c4c3)c21. The number of hydrogen-bond acceptors (Lipinski definition) is 1. The van der Waals surface area contributed by atoms with Gasteiger partial charge in [0.05, 0.1) is 0 Å². The fraction of sp³-hybridized carbons (Fsp3) is 0.0698. The second kappa shape index (κ2) is 8.36. The lowest BCUT2D eigenvalue weighted by Crippen LogP contribution is -2.16. The molecule has 0 radical (unpaired) electrons. The quantitative estimate of drug-likeness (QED) is 0.205. The summed E-state index contributed by atoms with van der Waals surface area (Å²) in [5, 5.41) is 4.96. The molecule has 0 unspecified atom stereocenters. The smallest absolute Gasteiger partial charge is 0.135 e. The predicted octanol–water partition coefficient (Wildman–Crippen LogP) is 12.0. The normalized spacial score (nSPS) is 13.9. The Morgan fingerprint density at radius 1 is 0.409 bits per heavy atom. The molecule has 1 heteroatoms. The van der Waals surface area contributed by atoms with Crippen LogP contribution in [0.25, 0.3) is 88.3 Å². The fourth-order valence-electron chi connectivity index (χ4n) is 8.26. The molecule has 10 rings (SSSR count). The molecule has 44 heavy (non-hydrogen) atoms. The molecule has 0 saturated heterocycles. The average molecular weight is 561 g/mol. The number of benzene rings is 7. The highest BCUT2D eigenvalue weighted by Gasteiger charge is 2.37. The molecule has 0 atom stereocenters. The summed E-state index contributed by atoms with van der Waals surface area (Å²) < 4.78 is 6.40. The summed E-state index contributed by atoms with van der Waals surface area (Å²) in [6.07, 6.45) is 0. The maximum atomic E-state index is 6.40. The van der Waals surface area contributed by atoms with E-state index in [1.165, 1.54) is 77.5 Å². The van der Waals surface area contributed by atoms with Crippen LogP contribution < -0.4 is 0 Å². The third-order valence-electron chi connectivity index (χ3n) is 10.2. The van der Waals surface area contributed by atoms with E-state index in [0.29, 0.717) is 0 Å². The maximum Gasteiger partial charge on any atom is 0.135 e. The van der Waals surface area contributed by atoms with E-state index in [1.54, 1.807) is 0 Å². The Morgan fingerprint density at radius 2 is 0.955 bits per heavy atom. The predicted molar refractivity (Wildman–Crippen MR) is 184 cm³/mol. The topological polar surface area (TPSA) is 13.1 Å². The van der Waals surface area contributed by atoms with Gasteiger partial charge in [-0.1, -0.05) is 123 Å². The van der Waals surface area contributed by atoms with Crippen LogP contribution in [0.1, 0.15) is 25.0 Å². The van der Waals surface area contributed by atoms with Crippen molar-refractivity contribution in [3.05, 3.63) is 145 Å². The molecule has 2 aliphatic rings. The van der Waals surface area contributed by atoms with Crippen LogP contribution in [-0.4, -0.2) is 0 Å². The third-order valence-corrected chi connectivity index (χ3v) is 10.2. The van der Waals surface area contributed by atoms with Gasteiger partial charge in [0, 0.05) is 16.2 Å². The summed E-state index contributed by atoms with van der Waals surface area (Å²) in [5.74, 6) is 0. The Kier molecular flexibility index (Phi) is 4.58. The lowest BCUT2D eigenvalue weighted by molar-refractivity contribution is 0.662. The Bertz CT molecular complexity index is 2490. The highest BCUT2D eigenvalue weighted by molar-refractivity contribution is 6.19. The zero-order valence-corrected chi connectivity index (χ0v) is 24.6. The Labute approximate surface area is 256 Å². The van der Waals surface area contributed by atoms with Gasteiger partial charge in [-0.25, -0.2) is 0 Å². The molecule has 0 spiro atoms. The molecule has 0 N–H and O–H groups in total. The minimum absolute atomic E-state index is 0.0709. The minimum atomic E-state index is -0.0709. The summed E-state index contributed by atoms with van der Waals surface area (Å²) in [6.45, 7) is 4.71. The zero-order valence-electron chi connectivity index (χ0n) is 24.6. The second-order valence-electron chi connectivity index (χ2n) is 12.9. The molecular formula is C43H28O. The van der Waals surface area contributed by atoms with Crippen molar-refractivity contribution in [1.82, 2.24) is 0 Å². The molecule has 7 aromatic carbocycles. The van der Waals surface area contributed by atoms with Gasteiger partial charge in [-0.05, 0) is 102 Å². The molecule has 206 valence electrons. The summed E-state index contributed by atoms with van der Waals surface area (Å²) in [4.78, 5) is 0. The van der Waals surface area contributed by atoms with Crippen LogP contribution in [0.3, 0.4) is 0 Å². The van der Waals surface area contributed by atoms with E-state index in [4.69, 9.17) is 4.42 Å². The van der Waals surface area contributed by atoms with E-state index in [9.17, 15) is 0 Å². The first-order valence-corrected chi connectivity index (χ1v) is 15.4. The van der Waals surface area contributed by atoms with Gasteiger partial charge in [-0.2, -0.15) is 0 Å². The molecule has 1 heterocycles. The number of hydrogen-bond donors (Lipinski definition) is 0. The largest absolute Gasteiger partial charge is 0.456 e. The molecule has 1 nitrogen and oxygen atoms in total. The van der Waals surface area contributed by atoms with Gasteiger partial charge in [-0.3, -0.25) is 0 Å². The highest BCUT2D eigenvalue weighted by atomic mass is 16.3. The Balaban J connectivity index is 1.16. The lowest BCUT2D eigenvalue weighted by Gasteiger charge is -2.24. The van der Waals surface area contributed by atoms with E-state index >= 15 is 0 Å². The van der Waals surface area contributed by atoms with E-state index in [-0.39, 0.29) is 5.41 Å². The van der Waals surface area contributed by atoms with Crippen LogP contribution in [0.5, 0.6) is 0 Å². The minimum Gasteiger partial charge on any atom is -0.456 e. The third kappa shape index (κ3) is 3.04. The van der Waals surface area contributed by atoms with Crippen LogP contribution in [-0.2, 0) is 5.41 Å². The van der Waals surface area contributed by atoms with Crippen molar-refractivity contribution in [1.29, 1.82) is 0 Å². The number of furan rings is 1. The van der Waals surface area contributed by atoms with Gasteiger partial charge in [0.15, 0.2) is 0 Å². The molecule has 0 amide bonds. The van der Waals surface area contributed by atoms with Crippen molar-refractivity contribution >= 4 is 32.7 Å². The Morgan fingerprint density at radius 3 is 1.70 bits per heavy atom. The first kappa shape index (κ1) is 24.1. The lowest BCUT2D eigenvalue weighted by atomic mass is 9.79. The van der Waals surface area contributed by atoms with Gasteiger partial charge in [0.1, 0.15) is 11.2 Å². The van der Waals surface area contributed by atoms with Gasteiger partial charge < -0.3 is 4.42 Å². The molecule has 2 aliphatic carbocycles. The monoisotopic (exact) mass is 560 g/mol. The summed E-state index contributed by atoms with van der Waals surface area (Å²) in [6, 6.07) is 49.1. The maximum absolute atomic E-state index is 6.40. The molecule has 8 aromatic rings. The van der Waals surface area contributed by atoms with Crippen molar-refractivity contribution in [2.75, 3.05) is 0 Å². The van der Waals surface area contributed by atoms with E-state index < -0.39 is 0 Å². The van der Waals surface area contributed by atoms with Crippen LogP contribution >= 0.6 is 0 Å². The molecule has 0 aliphatic heterocycles. The van der Waals surface area contributed by atoms with Crippen LogP contribution in [0, 0.1) is 0 Å². The van der Waals surface area contributed by atoms with E-state index in [2.05, 4.69) is 147 Å². The molecular weight excluding hydrogens is 532 g/mol. The van der Waals surface area contributed by atoms with Crippen LogP contribution in [0.2, 0.25) is 0 Å². The van der Waals surface area contributed by atoms with E-state index in [1.807, 2.05) is 0 Å². The van der Waals surface area contributed by atoms with Crippen molar-refractivity contribution < 1.29 is 4.42 Å². The van der Waals surface area contributed by atoms with Crippen molar-refractivity contribution in [3.63, 3.8) is 0 Å². The molecule has 0 saturated carbocycles. The van der Waals surface area contributed by atoms with Gasteiger partial charge >= 0.3 is 0 Å². The van der Waals surface area contributed by atoms with Crippen LogP contribution in [0.15, 0.2) is 138 Å². The molecule has 0 bridgehead atoms. The van der Waals surface area contributed by atoms with Gasteiger partial charge in [-0.15, -0.1) is 0 Å². The van der Waals surface area contributed by atoms with Crippen molar-refractivity contribution in [2.45, 2.75) is 19.3 Å². The highest BCUT2D eigenvalue weighted by Crippen LogP contribution is 2.53. The van der Waals surface area contributed by atoms with Crippen molar-refractivity contribution in [2.24, 2.45) is 0 Å². The average Bonchev–Trinajstić information content (AvgIpc) is 3.68. The zero-order chi connectivity index (χ0) is 29.2. The molecule has 1 aromatic heterocycles. The first-order chi connectivity index (χ1) is 21.6. The summed E-state index contributed by atoms with van der Waals surface area (Å²) in [5.41, 5.74) is 17.6. The van der Waals surface area contributed by atoms with E-state index in [0.717, 1.165) is 21.9 Å². The van der Waals surface area contributed by atoms with Crippen LogP contribution in [0.4, 0.5) is 0 Å².